The van der Waals surface area contributed by atoms with Crippen molar-refractivity contribution < 1.29 is 25.2 Å². The van der Waals surface area contributed by atoms with Crippen molar-refractivity contribution in [3.63, 3.8) is 0 Å². The Kier molecular flexibility index (Phi) is 3.94. The van der Waals surface area contributed by atoms with E-state index in [-0.39, 0.29) is 24.3 Å². The number of carbonyl (C=O) groups is 1. The average molecular weight is 227 g/mol. The van der Waals surface area contributed by atoms with E-state index >= 15 is 0 Å². The van der Waals surface area contributed by atoms with Crippen molar-refractivity contribution >= 4 is 5.97 Å². The van der Waals surface area contributed by atoms with Gasteiger partial charge >= 0.3 is 5.97 Å². The van der Waals surface area contributed by atoms with E-state index < -0.39 is 18.2 Å². The van der Waals surface area contributed by atoms with Gasteiger partial charge in [0.15, 0.2) is 0 Å². The van der Waals surface area contributed by atoms with Crippen molar-refractivity contribution in [3.05, 3.63) is 29.6 Å². The molecular formula is C10H13NO5. The Bertz CT molecular complexity index is 381. The molecule has 0 aliphatic carbocycles. The van der Waals surface area contributed by atoms with E-state index in [1.807, 2.05) is 0 Å². The number of aliphatic hydroxyl groups is 3. The molecule has 88 valence electrons. The fraction of sp³-hybridized carbons (Fsp3) is 0.400. The molecule has 0 spiro atoms. The van der Waals surface area contributed by atoms with E-state index in [1.54, 1.807) is 0 Å². The fourth-order valence-corrected chi connectivity index (χ4v) is 1.41. The Morgan fingerprint density at radius 3 is 2.62 bits per heavy atom. The Hall–Kier alpha value is -1.50. The Morgan fingerprint density at radius 2 is 2.12 bits per heavy atom. The molecule has 6 nitrogen and oxygen atoms in total. The summed E-state index contributed by atoms with van der Waals surface area (Å²) in [6.45, 7) is -1.09. The first-order chi connectivity index (χ1) is 7.55. The number of nitrogens with zero attached hydrogens (tertiary/aromatic N) is 1. The molecule has 0 saturated heterocycles. The van der Waals surface area contributed by atoms with Crippen LogP contribution < -0.4 is 0 Å². The maximum absolute atomic E-state index is 10.9. The molecule has 1 unspecified atom stereocenters. The largest absolute Gasteiger partial charge is 0.478 e. The number of hydrogen-bond acceptors (Lipinski definition) is 5. The molecule has 1 heterocycles. The lowest BCUT2D eigenvalue weighted by atomic mass is 9.92. The van der Waals surface area contributed by atoms with Gasteiger partial charge < -0.3 is 20.4 Å². The van der Waals surface area contributed by atoms with Crippen LogP contribution in [0.1, 0.15) is 22.5 Å². The summed E-state index contributed by atoms with van der Waals surface area (Å²) in [5.41, 5.74) is -2.16. The summed E-state index contributed by atoms with van der Waals surface area (Å²) in [5.74, 6) is -1.24. The van der Waals surface area contributed by atoms with Gasteiger partial charge in [-0.05, 0) is 12.1 Å². The van der Waals surface area contributed by atoms with Crippen molar-refractivity contribution in [2.45, 2.75) is 12.0 Å². The second kappa shape index (κ2) is 5.02. The van der Waals surface area contributed by atoms with Crippen LogP contribution in [0.25, 0.3) is 0 Å². The van der Waals surface area contributed by atoms with Gasteiger partial charge in [0, 0.05) is 19.2 Å². The van der Waals surface area contributed by atoms with E-state index in [1.165, 1.54) is 18.3 Å². The predicted molar refractivity (Wildman–Crippen MR) is 53.9 cm³/mol. The van der Waals surface area contributed by atoms with E-state index in [9.17, 15) is 9.90 Å². The Morgan fingerprint density at radius 1 is 1.44 bits per heavy atom. The summed E-state index contributed by atoms with van der Waals surface area (Å²) in [6, 6.07) is 2.70. The highest BCUT2D eigenvalue weighted by Crippen LogP contribution is 2.25. The first-order valence-corrected chi connectivity index (χ1v) is 4.68. The molecule has 0 fully saturated rings. The second-order valence-corrected chi connectivity index (χ2v) is 3.37. The number of aliphatic hydroxyl groups excluding tert-OH is 2. The van der Waals surface area contributed by atoms with Crippen molar-refractivity contribution in [2.24, 2.45) is 0 Å². The van der Waals surface area contributed by atoms with Crippen molar-refractivity contribution in [1.29, 1.82) is 0 Å². The van der Waals surface area contributed by atoms with Gasteiger partial charge in [0.25, 0.3) is 0 Å². The molecule has 16 heavy (non-hydrogen) atoms. The molecule has 1 aromatic heterocycles. The number of hydrogen-bond donors (Lipinski definition) is 4. The summed E-state index contributed by atoms with van der Waals surface area (Å²) < 4.78 is 0. The Balaban J connectivity index is 3.24. The molecule has 0 amide bonds. The zero-order valence-corrected chi connectivity index (χ0v) is 8.50. The van der Waals surface area contributed by atoms with E-state index in [0.29, 0.717) is 0 Å². The molecule has 0 aliphatic rings. The zero-order valence-electron chi connectivity index (χ0n) is 8.50. The molecule has 0 bridgehead atoms. The van der Waals surface area contributed by atoms with E-state index in [4.69, 9.17) is 15.3 Å². The van der Waals surface area contributed by atoms with Gasteiger partial charge in [-0.1, -0.05) is 0 Å². The molecule has 1 aromatic rings. The van der Waals surface area contributed by atoms with Crippen LogP contribution >= 0.6 is 0 Å². The van der Waals surface area contributed by atoms with Crippen molar-refractivity contribution in [2.75, 3.05) is 13.2 Å². The summed E-state index contributed by atoms with van der Waals surface area (Å²) in [5, 5.41) is 36.7. The van der Waals surface area contributed by atoms with Crippen LogP contribution in [-0.4, -0.2) is 44.6 Å². The highest BCUT2D eigenvalue weighted by molar-refractivity contribution is 5.89. The van der Waals surface area contributed by atoms with Crippen LogP contribution in [0, 0.1) is 0 Å². The highest BCUT2D eigenvalue weighted by Gasteiger charge is 2.33. The third-order valence-corrected chi connectivity index (χ3v) is 2.27. The van der Waals surface area contributed by atoms with Gasteiger partial charge in [-0.15, -0.1) is 0 Å². The summed E-state index contributed by atoms with van der Waals surface area (Å²) in [6.07, 6.45) is 1.14. The minimum absolute atomic E-state index is 0.140. The smallest absolute Gasteiger partial charge is 0.337 e. The van der Waals surface area contributed by atoms with Gasteiger partial charge in [-0.25, -0.2) is 4.79 Å². The van der Waals surface area contributed by atoms with Gasteiger partial charge in [0.2, 0.25) is 0 Å². The topological polar surface area (TPSA) is 111 Å². The van der Waals surface area contributed by atoms with Crippen LogP contribution in [0.3, 0.4) is 0 Å². The lowest BCUT2D eigenvalue weighted by molar-refractivity contribution is -0.0407. The number of pyridine rings is 1. The van der Waals surface area contributed by atoms with E-state index in [2.05, 4.69) is 4.98 Å². The number of carboxylic acids is 1. The third-order valence-electron chi connectivity index (χ3n) is 2.27. The number of aromatic carboxylic acids is 1. The zero-order chi connectivity index (χ0) is 12.2. The summed E-state index contributed by atoms with van der Waals surface area (Å²) in [4.78, 5) is 14.7. The molecule has 6 heteroatoms. The van der Waals surface area contributed by atoms with E-state index in [0.717, 1.165) is 0 Å². The van der Waals surface area contributed by atoms with Crippen LogP contribution in [0.4, 0.5) is 0 Å². The summed E-state index contributed by atoms with van der Waals surface area (Å²) >= 11 is 0. The average Bonchev–Trinajstić information content (AvgIpc) is 2.29. The molecule has 1 atom stereocenters. The highest BCUT2D eigenvalue weighted by atomic mass is 16.4. The van der Waals surface area contributed by atoms with Crippen LogP contribution in [-0.2, 0) is 5.60 Å². The van der Waals surface area contributed by atoms with Crippen LogP contribution in [0.2, 0.25) is 0 Å². The van der Waals surface area contributed by atoms with Crippen LogP contribution in [0.5, 0.6) is 0 Å². The van der Waals surface area contributed by atoms with Gasteiger partial charge in [0.05, 0.1) is 17.9 Å². The minimum Gasteiger partial charge on any atom is -0.478 e. The molecule has 1 rings (SSSR count). The number of aromatic nitrogens is 1. The van der Waals surface area contributed by atoms with Crippen molar-refractivity contribution in [3.8, 4) is 0 Å². The third kappa shape index (κ3) is 2.35. The molecule has 0 saturated carbocycles. The lowest BCUT2D eigenvalue weighted by Crippen LogP contribution is -2.34. The SMILES string of the molecule is O=C(O)c1cccnc1C(O)(CO)CCO. The van der Waals surface area contributed by atoms with Gasteiger partial charge in [-0.3, -0.25) is 4.98 Å². The first kappa shape index (κ1) is 12.6. The predicted octanol–water partition coefficient (Wildman–Crippen LogP) is -0.658. The van der Waals surface area contributed by atoms with Crippen molar-refractivity contribution in [1.82, 2.24) is 4.98 Å². The maximum Gasteiger partial charge on any atom is 0.337 e. The monoisotopic (exact) mass is 227 g/mol. The first-order valence-electron chi connectivity index (χ1n) is 4.68. The molecule has 4 N–H and O–H groups in total. The quantitative estimate of drug-likeness (QED) is 0.531. The van der Waals surface area contributed by atoms with Gasteiger partial charge in [0.1, 0.15) is 5.60 Å². The standard InChI is InChI=1S/C10H13NO5/c12-5-3-10(16,6-13)8-7(9(14)15)2-1-4-11-8/h1-2,4,12-13,16H,3,5-6H2,(H,14,15). The maximum atomic E-state index is 10.9. The molecular weight excluding hydrogens is 214 g/mol. The normalized spacial score (nSPS) is 14.4. The number of carboxylic acid groups (broad SMARTS) is 1. The molecule has 0 radical (unpaired) electrons. The minimum atomic E-state index is -1.83. The lowest BCUT2D eigenvalue weighted by Gasteiger charge is -2.25. The fourth-order valence-electron chi connectivity index (χ4n) is 1.41. The molecule has 0 aromatic carbocycles. The summed E-state index contributed by atoms with van der Waals surface area (Å²) in [7, 11) is 0. The second-order valence-electron chi connectivity index (χ2n) is 3.37. The van der Waals surface area contributed by atoms with Gasteiger partial charge in [-0.2, -0.15) is 0 Å². The van der Waals surface area contributed by atoms with Crippen LogP contribution in [0.15, 0.2) is 18.3 Å². The number of rotatable bonds is 5. The molecule has 0 aliphatic heterocycles. The Labute approximate surface area is 91.8 Å².